The molecule has 1 aromatic carbocycles. The summed E-state index contributed by atoms with van der Waals surface area (Å²) in [5, 5.41) is 2.82. The maximum Gasteiger partial charge on any atom is 0.320 e. The van der Waals surface area contributed by atoms with Crippen LogP contribution < -0.4 is 5.32 Å². The number of carbonyl (C=O) groups excluding carboxylic acids is 3. The second-order valence-corrected chi connectivity index (χ2v) is 6.05. The molecule has 0 unspecified atom stereocenters. The number of nitrogens with one attached hydrogen (secondary N) is 1. The van der Waals surface area contributed by atoms with Crippen LogP contribution in [0.2, 0.25) is 0 Å². The molecule has 0 spiro atoms. The fourth-order valence-electron chi connectivity index (χ4n) is 3.87. The molecule has 1 N–H and O–H groups in total. The van der Waals surface area contributed by atoms with E-state index in [0.29, 0.717) is 18.4 Å². The Morgan fingerprint density at radius 1 is 1.23 bits per heavy atom. The number of hydrogen-bond donors (Lipinski definition) is 1. The Hall–Kier alpha value is -2.21. The number of fused-ring (bicyclic) bond motifs is 5. The van der Waals surface area contributed by atoms with E-state index >= 15 is 0 Å². The van der Waals surface area contributed by atoms with Crippen LogP contribution in [-0.4, -0.2) is 36.1 Å². The van der Waals surface area contributed by atoms with Gasteiger partial charge in [-0.05, 0) is 25.0 Å². The third-order valence-corrected chi connectivity index (χ3v) is 4.88. The SMILES string of the molecule is O=C(NC[C@@]12CC[C@@H](O1)[C@@H]1C(=O)OC(=O)[C@H]12)c1ccccc1. The number of rotatable bonds is 3. The molecular formula is C16H15NO5. The smallest absolute Gasteiger partial charge is 0.320 e. The van der Waals surface area contributed by atoms with Gasteiger partial charge >= 0.3 is 11.9 Å². The van der Waals surface area contributed by atoms with E-state index in [9.17, 15) is 14.4 Å². The van der Waals surface area contributed by atoms with Crippen molar-refractivity contribution in [3.63, 3.8) is 0 Å². The average molecular weight is 301 g/mol. The number of benzene rings is 1. The molecular weight excluding hydrogens is 286 g/mol. The van der Waals surface area contributed by atoms with Gasteiger partial charge in [0.15, 0.2) is 0 Å². The van der Waals surface area contributed by atoms with Crippen LogP contribution in [0.4, 0.5) is 0 Å². The molecule has 0 saturated carbocycles. The van der Waals surface area contributed by atoms with Gasteiger partial charge in [-0.2, -0.15) is 0 Å². The molecule has 2 bridgehead atoms. The van der Waals surface area contributed by atoms with Crippen molar-refractivity contribution in [3.05, 3.63) is 35.9 Å². The molecule has 3 saturated heterocycles. The van der Waals surface area contributed by atoms with Crippen molar-refractivity contribution in [1.82, 2.24) is 5.32 Å². The summed E-state index contributed by atoms with van der Waals surface area (Å²) >= 11 is 0. The lowest BCUT2D eigenvalue weighted by Crippen LogP contribution is -2.49. The molecule has 0 aliphatic carbocycles. The highest BCUT2D eigenvalue weighted by Gasteiger charge is 2.68. The zero-order valence-electron chi connectivity index (χ0n) is 11.8. The number of hydrogen-bond acceptors (Lipinski definition) is 5. The Balaban J connectivity index is 1.52. The Morgan fingerprint density at radius 3 is 2.77 bits per heavy atom. The summed E-state index contributed by atoms with van der Waals surface area (Å²) < 4.78 is 10.7. The van der Waals surface area contributed by atoms with E-state index < -0.39 is 29.4 Å². The molecule has 0 radical (unpaired) electrons. The quantitative estimate of drug-likeness (QED) is 0.655. The molecule has 3 aliphatic heterocycles. The fourth-order valence-corrected chi connectivity index (χ4v) is 3.87. The average Bonchev–Trinajstić information content (AvgIpc) is 3.18. The molecule has 4 atom stereocenters. The minimum absolute atomic E-state index is 0.209. The van der Waals surface area contributed by atoms with Gasteiger partial charge in [-0.3, -0.25) is 14.4 Å². The van der Waals surface area contributed by atoms with Gasteiger partial charge in [-0.15, -0.1) is 0 Å². The van der Waals surface area contributed by atoms with Crippen molar-refractivity contribution in [2.24, 2.45) is 11.8 Å². The van der Waals surface area contributed by atoms with Crippen LogP contribution in [0.25, 0.3) is 0 Å². The zero-order valence-corrected chi connectivity index (χ0v) is 11.8. The lowest BCUT2D eigenvalue weighted by molar-refractivity contribution is -0.158. The van der Waals surface area contributed by atoms with Gasteiger partial charge in [-0.25, -0.2) is 0 Å². The summed E-state index contributed by atoms with van der Waals surface area (Å²) in [4.78, 5) is 35.8. The van der Waals surface area contributed by atoms with Gasteiger partial charge < -0.3 is 14.8 Å². The van der Waals surface area contributed by atoms with Crippen LogP contribution in [0.15, 0.2) is 30.3 Å². The van der Waals surface area contributed by atoms with Gasteiger partial charge in [0, 0.05) is 12.1 Å². The maximum absolute atomic E-state index is 12.2. The standard InChI is InChI=1S/C16H15NO5/c18-13(9-4-2-1-3-5-9)17-8-16-7-6-10(22-16)11-12(16)15(20)21-14(11)19/h1-5,10-12H,6-8H2,(H,17,18)/t10-,11+,12+,16-/m1/s1. The Morgan fingerprint density at radius 2 is 2.00 bits per heavy atom. The summed E-state index contributed by atoms with van der Waals surface area (Å²) in [6.45, 7) is 0.209. The van der Waals surface area contributed by atoms with Crippen molar-refractivity contribution in [1.29, 1.82) is 0 Å². The number of carbonyl (C=O) groups is 3. The lowest BCUT2D eigenvalue weighted by Gasteiger charge is -2.29. The maximum atomic E-state index is 12.2. The molecule has 4 rings (SSSR count). The highest BCUT2D eigenvalue weighted by molar-refractivity contribution is 5.99. The van der Waals surface area contributed by atoms with Crippen molar-refractivity contribution >= 4 is 17.8 Å². The van der Waals surface area contributed by atoms with E-state index in [4.69, 9.17) is 9.47 Å². The number of cyclic esters (lactones) is 2. The number of amides is 1. The Kier molecular flexibility index (Phi) is 2.84. The van der Waals surface area contributed by atoms with Gasteiger partial charge in [0.25, 0.3) is 5.91 Å². The van der Waals surface area contributed by atoms with Crippen molar-refractivity contribution in [2.45, 2.75) is 24.5 Å². The molecule has 3 fully saturated rings. The van der Waals surface area contributed by atoms with Crippen molar-refractivity contribution < 1.29 is 23.9 Å². The van der Waals surface area contributed by atoms with Crippen molar-refractivity contribution in [3.8, 4) is 0 Å². The molecule has 3 aliphatic rings. The molecule has 6 nitrogen and oxygen atoms in total. The monoisotopic (exact) mass is 301 g/mol. The first kappa shape index (κ1) is 13.5. The van der Waals surface area contributed by atoms with E-state index in [1.54, 1.807) is 24.3 Å². The highest BCUT2D eigenvalue weighted by Crippen LogP contribution is 2.54. The third kappa shape index (κ3) is 1.80. The van der Waals surface area contributed by atoms with Crippen LogP contribution >= 0.6 is 0 Å². The van der Waals surface area contributed by atoms with Crippen LogP contribution in [0.3, 0.4) is 0 Å². The van der Waals surface area contributed by atoms with Crippen LogP contribution in [0, 0.1) is 11.8 Å². The molecule has 6 heteroatoms. The van der Waals surface area contributed by atoms with Gasteiger partial charge in [0.05, 0.1) is 12.0 Å². The molecule has 3 heterocycles. The molecule has 1 amide bonds. The summed E-state index contributed by atoms with van der Waals surface area (Å²) in [6.07, 6.45) is 1.10. The van der Waals surface area contributed by atoms with E-state index in [1.807, 2.05) is 6.07 Å². The second-order valence-electron chi connectivity index (χ2n) is 6.05. The van der Waals surface area contributed by atoms with E-state index in [2.05, 4.69) is 5.32 Å². The first-order chi connectivity index (χ1) is 10.6. The second kappa shape index (κ2) is 4.64. The molecule has 114 valence electrons. The van der Waals surface area contributed by atoms with Crippen molar-refractivity contribution in [2.75, 3.05) is 6.54 Å². The summed E-state index contributed by atoms with van der Waals surface area (Å²) in [5.41, 5.74) is -0.253. The van der Waals surface area contributed by atoms with Gasteiger partial charge in [0.1, 0.15) is 11.5 Å². The summed E-state index contributed by atoms with van der Waals surface area (Å²) in [5.74, 6) is -2.32. The Labute approximate surface area is 126 Å². The van der Waals surface area contributed by atoms with Gasteiger partial charge in [-0.1, -0.05) is 18.2 Å². The van der Waals surface area contributed by atoms with Gasteiger partial charge in [0.2, 0.25) is 0 Å². The summed E-state index contributed by atoms with van der Waals surface area (Å²) in [6, 6.07) is 8.84. The van der Waals surface area contributed by atoms with Crippen LogP contribution in [0.5, 0.6) is 0 Å². The summed E-state index contributed by atoms with van der Waals surface area (Å²) in [7, 11) is 0. The number of esters is 2. The molecule has 22 heavy (non-hydrogen) atoms. The highest BCUT2D eigenvalue weighted by atomic mass is 16.6. The first-order valence-corrected chi connectivity index (χ1v) is 7.37. The largest absolute Gasteiger partial charge is 0.393 e. The van der Waals surface area contributed by atoms with E-state index in [1.165, 1.54) is 0 Å². The Bertz CT molecular complexity index is 658. The zero-order chi connectivity index (χ0) is 15.3. The first-order valence-electron chi connectivity index (χ1n) is 7.37. The predicted octanol–water partition coefficient (Wildman–Crippen LogP) is 0.664. The van der Waals surface area contributed by atoms with E-state index in [0.717, 1.165) is 0 Å². The third-order valence-electron chi connectivity index (χ3n) is 4.88. The molecule has 0 aromatic heterocycles. The molecule has 1 aromatic rings. The normalized spacial score (nSPS) is 35.4. The van der Waals surface area contributed by atoms with E-state index in [-0.39, 0.29) is 18.6 Å². The fraction of sp³-hybridized carbons (Fsp3) is 0.438. The van der Waals surface area contributed by atoms with Crippen LogP contribution in [-0.2, 0) is 19.1 Å². The minimum atomic E-state index is -0.803. The minimum Gasteiger partial charge on any atom is -0.393 e. The number of ether oxygens (including phenoxy) is 2. The predicted molar refractivity (Wildman–Crippen MR) is 73.7 cm³/mol. The topological polar surface area (TPSA) is 81.7 Å². The lowest BCUT2D eigenvalue weighted by atomic mass is 9.73. The van der Waals surface area contributed by atoms with Crippen LogP contribution in [0.1, 0.15) is 23.2 Å².